The lowest BCUT2D eigenvalue weighted by molar-refractivity contribution is -0.612. The second kappa shape index (κ2) is 8.85. The standard InChI is InChI=1S/C21H15Cl2F3N2O4S/c1-11-7-8-28(30)12(2)19(11)20(29)15-5-3-13(22)9-18(15)27-33(31,32)14-4-6-17(23)16(10-14)21(24,25)26/h3-10,27H,1-2H3. The molecule has 3 rings (SSSR count). The smallest absolute Gasteiger partial charge is 0.417 e. The van der Waals surface area contributed by atoms with Crippen LogP contribution in [0.2, 0.25) is 10.0 Å². The zero-order valence-corrected chi connectivity index (χ0v) is 19.3. The topological polar surface area (TPSA) is 90.2 Å². The average Bonchev–Trinajstić information content (AvgIpc) is 2.70. The Balaban J connectivity index is 2.10. The fourth-order valence-electron chi connectivity index (χ4n) is 3.14. The second-order valence-electron chi connectivity index (χ2n) is 7.05. The van der Waals surface area contributed by atoms with Gasteiger partial charge in [-0.1, -0.05) is 23.2 Å². The molecule has 33 heavy (non-hydrogen) atoms. The van der Waals surface area contributed by atoms with Gasteiger partial charge in [0.1, 0.15) is 0 Å². The molecule has 0 radical (unpaired) electrons. The van der Waals surface area contributed by atoms with Crippen molar-refractivity contribution in [3.8, 4) is 0 Å². The molecule has 6 nitrogen and oxygen atoms in total. The first-order valence-corrected chi connectivity index (χ1v) is 11.4. The first-order chi connectivity index (χ1) is 15.2. The van der Waals surface area contributed by atoms with Crippen LogP contribution in [0.25, 0.3) is 0 Å². The van der Waals surface area contributed by atoms with Gasteiger partial charge in [-0.2, -0.15) is 17.9 Å². The van der Waals surface area contributed by atoms with Gasteiger partial charge in [0.25, 0.3) is 10.0 Å². The number of nitrogens with one attached hydrogen (secondary N) is 1. The van der Waals surface area contributed by atoms with Crippen LogP contribution in [0.3, 0.4) is 0 Å². The van der Waals surface area contributed by atoms with Gasteiger partial charge < -0.3 is 5.21 Å². The van der Waals surface area contributed by atoms with E-state index < -0.39 is 37.5 Å². The third kappa shape index (κ3) is 5.07. The van der Waals surface area contributed by atoms with Crippen molar-refractivity contribution in [2.75, 3.05) is 4.72 Å². The van der Waals surface area contributed by atoms with Gasteiger partial charge in [0.2, 0.25) is 11.5 Å². The Morgan fingerprint density at radius 1 is 1.06 bits per heavy atom. The Morgan fingerprint density at radius 3 is 2.36 bits per heavy atom. The summed E-state index contributed by atoms with van der Waals surface area (Å²) in [5.74, 6) is -0.670. The fraction of sp³-hybridized carbons (Fsp3) is 0.143. The predicted molar refractivity (Wildman–Crippen MR) is 117 cm³/mol. The van der Waals surface area contributed by atoms with Gasteiger partial charge in [-0.05, 0) is 48.9 Å². The molecule has 0 amide bonds. The number of sulfonamides is 1. The lowest BCUT2D eigenvalue weighted by Crippen LogP contribution is -2.32. The molecule has 0 unspecified atom stereocenters. The molecule has 0 bridgehead atoms. The van der Waals surface area contributed by atoms with Crippen molar-refractivity contribution in [1.82, 2.24) is 0 Å². The molecule has 0 saturated heterocycles. The minimum absolute atomic E-state index is 0.0566. The molecule has 0 aliphatic rings. The normalized spacial score (nSPS) is 12.0. The van der Waals surface area contributed by atoms with E-state index in [4.69, 9.17) is 23.2 Å². The SMILES string of the molecule is Cc1cc[n+]([O-])c(C)c1C(=O)c1ccc(Cl)cc1NS(=O)(=O)c1ccc(Cl)c(C(F)(F)F)c1. The van der Waals surface area contributed by atoms with Gasteiger partial charge in [-0.3, -0.25) is 9.52 Å². The van der Waals surface area contributed by atoms with E-state index in [9.17, 15) is 31.6 Å². The molecule has 1 heterocycles. The van der Waals surface area contributed by atoms with Crippen LogP contribution in [0.1, 0.15) is 32.7 Å². The number of rotatable bonds is 5. The van der Waals surface area contributed by atoms with Crippen molar-refractivity contribution in [3.63, 3.8) is 0 Å². The molecule has 0 saturated carbocycles. The van der Waals surface area contributed by atoms with Crippen molar-refractivity contribution < 1.29 is 31.1 Å². The number of pyridine rings is 1. The Hall–Kier alpha value is -2.82. The van der Waals surface area contributed by atoms with E-state index in [1.807, 2.05) is 0 Å². The number of benzene rings is 2. The van der Waals surface area contributed by atoms with Gasteiger partial charge >= 0.3 is 6.18 Å². The highest BCUT2D eigenvalue weighted by Gasteiger charge is 2.35. The molecule has 1 aromatic heterocycles. The fourth-order valence-corrected chi connectivity index (χ4v) is 4.63. The number of nitrogens with zero attached hydrogens (tertiary/aromatic N) is 1. The number of aryl methyl sites for hydroxylation is 1. The van der Waals surface area contributed by atoms with Gasteiger partial charge in [0, 0.05) is 23.6 Å². The molecule has 0 aliphatic carbocycles. The molecule has 174 valence electrons. The van der Waals surface area contributed by atoms with Crippen LogP contribution in [0.5, 0.6) is 0 Å². The Morgan fingerprint density at radius 2 is 1.73 bits per heavy atom. The zero-order chi connectivity index (χ0) is 24.7. The Kier molecular flexibility index (Phi) is 6.65. The molecule has 0 spiro atoms. The number of carbonyl (C=O) groups is 1. The Bertz CT molecular complexity index is 1380. The minimum atomic E-state index is -4.88. The van der Waals surface area contributed by atoms with E-state index in [0.717, 1.165) is 18.2 Å². The van der Waals surface area contributed by atoms with Crippen LogP contribution in [0, 0.1) is 19.1 Å². The third-order valence-electron chi connectivity index (χ3n) is 4.80. The number of aromatic nitrogens is 1. The number of alkyl halides is 3. The molecule has 0 atom stereocenters. The molecule has 0 aliphatic heterocycles. The number of hydrogen-bond acceptors (Lipinski definition) is 4. The summed E-state index contributed by atoms with van der Waals surface area (Å²) in [5, 5.41) is 11.4. The number of hydrogen-bond donors (Lipinski definition) is 1. The van der Waals surface area contributed by atoms with Crippen LogP contribution in [-0.2, 0) is 16.2 Å². The average molecular weight is 519 g/mol. The maximum atomic E-state index is 13.2. The minimum Gasteiger partial charge on any atom is -0.618 e. The molecule has 3 aromatic rings. The highest BCUT2D eigenvalue weighted by Crippen LogP contribution is 2.36. The first-order valence-electron chi connectivity index (χ1n) is 9.15. The van der Waals surface area contributed by atoms with E-state index in [1.54, 1.807) is 6.92 Å². The van der Waals surface area contributed by atoms with Gasteiger partial charge in [-0.15, -0.1) is 0 Å². The summed E-state index contributed by atoms with van der Waals surface area (Å²) in [6, 6.07) is 7.28. The summed E-state index contributed by atoms with van der Waals surface area (Å²) in [6.07, 6.45) is -3.65. The van der Waals surface area contributed by atoms with E-state index in [1.165, 1.54) is 31.3 Å². The molecule has 12 heteroatoms. The van der Waals surface area contributed by atoms with Gasteiger partial charge in [0.05, 0.1) is 26.7 Å². The van der Waals surface area contributed by atoms with Crippen LogP contribution in [0.4, 0.5) is 18.9 Å². The van der Waals surface area contributed by atoms with Gasteiger partial charge in [0.15, 0.2) is 6.20 Å². The Labute approximate surface area is 197 Å². The summed E-state index contributed by atoms with van der Waals surface area (Å²) in [6.45, 7) is 3.03. The van der Waals surface area contributed by atoms with E-state index in [0.29, 0.717) is 16.4 Å². The highest BCUT2D eigenvalue weighted by atomic mass is 35.5. The molecule has 0 fully saturated rings. The maximum absolute atomic E-state index is 13.2. The van der Waals surface area contributed by atoms with Crippen molar-refractivity contribution >= 4 is 44.7 Å². The van der Waals surface area contributed by atoms with Crippen molar-refractivity contribution in [3.05, 3.63) is 91.9 Å². The van der Waals surface area contributed by atoms with Crippen molar-refractivity contribution in [2.24, 2.45) is 0 Å². The van der Waals surface area contributed by atoms with Crippen molar-refractivity contribution in [1.29, 1.82) is 0 Å². The summed E-state index contributed by atoms with van der Waals surface area (Å²) in [5.41, 5.74) is -1.12. The number of anilines is 1. The van der Waals surface area contributed by atoms with Crippen LogP contribution < -0.4 is 9.45 Å². The number of carbonyl (C=O) groups excluding carboxylic acids is 1. The molecular weight excluding hydrogens is 504 g/mol. The van der Waals surface area contributed by atoms with E-state index in [2.05, 4.69) is 4.72 Å². The quantitative estimate of drug-likeness (QED) is 0.282. The predicted octanol–water partition coefficient (Wildman–Crippen LogP) is 5.29. The summed E-state index contributed by atoms with van der Waals surface area (Å²) < 4.78 is 67.9. The molecular formula is C21H15Cl2F3N2O4S. The lowest BCUT2D eigenvalue weighted by Gasteiger charge is -2.15. The van der Waals surface area contributed by atoms with Gasteiger partial charge in [-0.25, -0.2) is 8.42 Å². The third-order valence-corrected chi connectivity index (χ3v) is 6.73. The number of ketones is 1. The lowest BCUT2D eigenvalue weighted by atomic mass is 9.97. The summed E-state index contributed by atoms with van der Waals surface area (Å²) >= 11 is 11.5. The highest BCUT2D eigenvalue weighted by molar-refractivity contribution is 7.92. The molecule has 1 N–H and O–H groups in total. The zero-order valence-electron chi connectivity index (χ0n) is 17.0. The first kappa shape index (κ1) is 24.8. The largest absolute Gasteiger partial charge is 0.618 e. The number of halogens is 5. The maximum Gasteiger partial charge on any atom is 0.417 e. The van der Waals surface area contributed by atoms with E-state index in [-0.39, 0.29) is 27.5 Å². The van der Waals surface area contributed by atoms with Crippen LogP contribution in [0.15, 0.2) is 53.6 Å². The van der Waals surface area contributed by atoms with E-state index >= 15 is 0 Å². The monoisotopic (exact) mass is 518 g/mol. The summed E-state index contributed by atoms with van der Waals surface area (Å²) in [7, 11) is -4.58. The van der Waals surface area contributed by atoms with Crippen molar-refractivity contribution in [2.45, 2.75) is 24.9 Å². The second-order valence-corrected chi connectivity index (χ2v) is 9.57. The molecule has 2 aromatic carbocycles. The summed E-state index contributed by atoms with van der Waals surface area (Å²) in [4.78, 5) is 12.5. The van der Waals surface area contributed by atoms with Crippen LogP contribution >= 0.6 is 23.2 Å². The van der Waals surface area contributed by atoms with Crippen LogP contribution in [-0.4, -0.2) is 14.2 Å².